The Bertz CT molecular complexity index is 1630. The number of carbonyl (C=O) groups is 2. The topological polar surface area (TPSA) is 115 Å². The third-order valence-corrected chi connectivity index (χ3v) is 8.44. The summed E-state index contributed by atoms with van der Waals surface area (Å²) in [7, 11) is 0. The molecular formula is C27H25N7O2S3. The minimum absolute atomic E-state index is 0.113. The molecule has 2 aromatic heterocycles. The third kappa shape index (κ3) is 6.47. The van der Waals surface area contributed by atoms with Crippen LogP contribution in [0.15, 0.2) is 76.2 Å². The van der Waals surface area contributed by atoms with Crippen molar-refractivity contribution in [1.82, 2.24) is 30.3 Å². The van der Waals surface area contributed by atoms with E-state index in [1.165, 1.54) is 23.1 Å². The van der Waals surface area contributed by atoms with Gasteiger partial charge in [0.2, 0.25) is 11.0 Å². The third-order valence-electron chi connectivity index (χ3n) is 5.65. The number of amides is 2. The first kappa shape index (κ1) is 26.9. The summed E-state index contributed by atoms with van der Waals surface area (Å²) in [5.74, 6) is 1.15. The Hall–Kier alpha value is -3.74. The molecule has 2 amide bonds. The van der Waals surface area contributed by atoms with E-state index in [4.69, 9.17) is 0 Å². The molecule has 0 fully saturated rings. The Morgan fingerprint density at radius 2 is 1.77 bits per heavy atom. The van der Waals surface area contributed by atoms with Crippen molar-refractivity contribution in [2.45, 2.75) is 29.9 Å². The van der Waals surface area contributed by atoms with Crippen LogP contribution in [0.3, 0.4) is 0 Å². The van der Waals surface area contributed by atoms with Crippen molar-refractivity contribution < 1.29 is 9.59 Å². The predicted octanol–water partition coefficient (Wildman–Crippen LogP) is 5.35. The molecule has 9 nitrogen and oxygen atoms in total. The Morgan fingerprint density at radius 1 is 0.949 bits per heavy atom. The average Bonchev–Trinajstić information content (AvgIpc) is 3.56. The molecule has 0 radical (unpaired) electrons. The summed E-state index contributed by atoms with van der Waals surface area (Å²) in [6.45, 7) is 4.20. The van der Waals surface area contributed by atoms with Gasteiger partial charge in [0.15, 0.2) is 15.3 Å². The number of benzene rings is 3. The van der Waals surface area contributed by atoms with Gasteiger partial charge >= 0.3 is 0 Å². The van der Waals surface area contributed by atoms with Crippen LogP contribution in [0.1, 0.15) is 28.7 Å². The lowest BCUT2D eigenvalue weighted by Gasteiger charge is -2.12. The van der Waals surface area contributed by atoms with E-state index in [-0.39, 0.29) is 24.1 Å². The van der Waals surface area contributed by atoms with Crippen LogP contribution < -0.4 is 10.6 Å². The highest BCUT2D eigenvalue weighted by atomic mass is 32.2. The van der Waals surface area contributed by atoms with Crippen LogP contribution >= 0.6 is 34.9 Å². The summed E-state index contributed by atoms with van der Waals surface area (Å²) in [5.41, 5.74) is 2.51. The zero-order valence-electron chi connectivity index (χ0n) is 21.2. The number of hydrogen-bond donors (Lipinski definition) is 2. The maximum absolute atomic E-state index is 13.1. The molecule has 0 saturated carbocycles. The van der Waals surface area contributed by atoms with Crippen LogP contribution in [0.5, 0.6) is 0 Å². The zero-order chi connectivity index (χ0) is 27.2. The zero-order valence-corrected chi connectivity index (χ0v) is 23.7. The van der Waals surface area contributed by atoms with Gasteiger partial charge in [-0.05, 0) is 47.2 Å². The van der Waals surface area contributed by atoms with E-state index < -0.39 is 0 Å². The molecule has 0 unspecified atom stereocenters. The minimum atomic E-state index is -0.214. The van der Waals surface area contributed by atoms with Crippen LogP contribution in [0.2, 0.25) is 0 Å². The first-order valence-corrected chi connectivity index (χ1v) is 15.0. The summed E-state index contributed by atoms with van der Waals surface area (Å²) in [6.07, 6.45) is 0. The molecule has 0 atom stereocenters. The second-order valence-electron chi connectivity index (χ2n) is 8.43. The predicted molar refractivity (Wildman–Crippen MR) is 157 cm³/mol. The molecule has 0 aliphatic heterocycles. The highest BCUT2D eigenvalue weighted by Gasteiger charge is 2.18. The quantitative estimate of drug-likeness (QED) is 0.169. The van der Waals surface area contributed by atoms with Crippen molar-refractivity contribution in [1.29, 1.82) is 0 Å². The number of aryl methyl sites for hydroxylation is 1. The van der Waals surface area contributed by atoms with Crippen molar-refractivity contribution in [3.63, 3.8) is 0 Å². The molecule has 0 aliphatic rings. The summed E-state index contributed by atoms with van der Waals surface area (Å²) in [4.78, 5) is 25.8. The molecule has 39 heavy (non-hydrogen) atoms. The van der Waals surface area contributed by atoms with Gasteiger partial charge in [0.1, 0.15) is 0 Å². The first-order valence-electron chi connectivity index (χ1n) is 12.2. The minimum Gasteiger partial charge on any atom is -0.345 e. The van der Waals surface area contributed by atoms with Crippen molar-refractivity contribution >= 4 is 62.6 Å². The lowest BCUT2D eigenvalue weighted by Crippen LogP contribution is -2.25. The highest BCUT2D eigenvalue weighted by molar-refractivity contribution is 8.01. The number of aromatic nitrogens is 5. The molecule has 0 spiro atoms. The number of anilines is 1. The van der Waals surface area contributed by atoms with Crippen LogP contribution in [-0.2, 0) is 11.3 Å². The van der Waals surface area contributed by atoms with Gasteiger partial charge in [-0.2, -0.15) is 0 Å². The number of carbonyl (C=O) groups excluding carboxylic acids is 2. The Balaban J connectivity index is 1.32. The van der Waals surface area contributed by atoms with Crippen LogP contribution in [-0.4, -0.2) is 48.3 Å². The monoisotopic (exact) mass is 575 g/mol. The van der Waals surface area contributed by atoms with Gasteiger partial charge in [0, 0.05) is 11.3 Å². The highest BCUT2D eigenvalue weighted by Crippen LogP contribution is 2.26. The van der Waals surface area contributed by atoms with Crippen LogP contribution in [0.4, 0.5) is 5.13 Å². The first-order chi connectivity index (χ1) is 19.0. The normalized spacial score (nSPS) is 11.0. The molecule has 0 bridgehead atoms. The molecule has 2 heterocycles. The van der Waals surface area contributed by atoms with Gasteiger partial charge in [-0.15, -0.1) is 20.4 Å². The van der Waals surface area contributed by atoms with E-state index in [0.29, 0.717) is 21.7 Å². The molecule has 2 N–H and O–H groups in total. The fourth-order valence-corrected chi connectivity index (χ4v) is 6.38. The van der Waals surface area contributed by atoms with Gasteiger partial charge in [-0.3, -0.25) is 19.5 Å². The van der Waals surface area contributed by atoms with E-state index in [9.17, 15) is 9.59 Å². The Morgan fingerprint density at radius 3 is 2.62 bits per heavy atom. The van der Waals surface area contributed by atoms with Crippen molar-refractivity contribution in [2.24, 2.45) is 0 Å². The van der Waals surface area contributed by atoms with Gasteiger partial charge in [0.25, 0.3) is 5.91 Å². The summed E-state index contributed by atoms with van der Waals surface area (Å²) in [6, 6.07) is 21.4. The Labute approximate surface area is 237 Å². The van der Waals surface area contributed by atoms with Crippen molar-refractivity contribution in [3.05, 3.63) is 83.7 Å². The number of fused-ring (bicyclic) bond motifs is 1. The van der Waals surface area contributed by atoms with Gasteiger partial charge in [0.05, 0.1) is 12.3 Å². The van der Waals surface area contributed by atoms with E-state index in [1.807, 2.05) is 85.1 Å². The van der Waals surface area contributed by atoms with Crippen LogP contribution in [0, 0.1) is 6.92 Å². The molecule has 198 valence electrons. The molecule has 5 rings (SSSR count). The lowest BCUT2D eigenvalue weighted by molar-refractivity contribution is -0.113. The lowest BCUT2D eigenvalue weighted by atomic mass is 10.0. The average molecular weight is 576 g/mol. The Kier molecular flexibility index (Phi) is 8.54. The number of rotatable bonds is 10. The number of nitrogens with zero attached hydrogens (tertiary/aromatic N) is 5. The van der Waals surface area contributed by atoms with Gasteiger partial charge in [-0.1, -0.05) is 90.3 Å². The largest absolute Gasteiger partial charge is 0.345 e. The maximum Gasteiger partial charge on any atom is 0.252 e. The van der Waals surface area contributed by atoms with E-state index >= 15 is 0 Å². The second-order valence-corrected chi connectivity index (χ2v) is 11.9. The maximum atomic E-state index is 13.1. The van der Waals surface area contributed by atoms with Crippen molar-refractivity contribution in [2.75, 3.05) is 16.8 Å². The summed E-state index contributed by atoms with van der Waals surface area (Å²) < 4.78 is 2.68. The van der Waals surface area contributed by atoms with Gasteiger partial charge in [-0.25, -0.2) is 0 Å². The molecular weight excluding hydrogens is 551 g/mol. The SMILES string of the molecule is CCSc1nnc(NC(=O)CSc2nnc(CNC(=O)c3cccc4ccccc34)n2-c2cccc(C)c2)s1. The summed E-state index contributed by atoms with van der Waals surface area (Å²) in [5, 5.41) is 25.5. The molecule has 0 aliphatic carbocycles. The smallest absolute Gasteiger partial charge is 0.252 e. The number of thioether (sulfide) groups is 2. The fourth-order valence-electron chi connectivity index (χ4n) is 3.94. The fraction of sp³-hybridized carbons (Fsp3) is 0.185. The molecule has 0 saturated heterocycles. The van der Waals surface area contributed by atoms with Crippen LogP contribution in [0.25, 0.3) is 16.5 Å². The number of nitrogens with one attached hydrogen (secondary N) is 2. The number of hydrogen-bond acceptors (Lipinski definition) is 9. The second kappa shape index (κ2) is 12.4. The van der Waals surface area contributed by atoms with E-state index in [0.717, 1.165) is 32.1 Å². The summed E-state index contributed by atoms with van der Waals surface area (Å²) >= 11 is 4.19. The van der Waals surface area contributed by atoms with Gasteiger partial charge < -0.3 is 5.32 Å². The molecule has 5 aromatic rings. The standard InChI is InChI=1S/C27H25N7O2S3/c1-3-37-27-33-31-25(39-27)29-23(35)16-38-26-32-30-22(34(26)19-11-6-8-17(2)14-19)15-28-24(36)21-13-7-10-18-9-4-5-12-20(18)21/h4-14H,3,15-16H2,1-2H3,(H,28,36)(H,29,31,35). The van der Waals surface area contributed by atoms with E-state index in [2.05, 4.69) is 31.0 Å². The molecule has 3 aromatic carbocycles. The molecule has 12 heteroatoms. The van der Waals surface area contributed by atoms with E-state index in [1.54, 1.807) is 11.8 Å². The van der Waals surface area contributed by atoms with Crippen molar-refractivity contribution in [3.8, 4) is 5.69 Å².